The van der Waals surface area contributed by atoms with Crippen LogP contribution in [-0.4, -0.2) is 14.6 Å². The summed E-state index contributed by atoms with van der Waals surface area (Å²) in [5.74, 6) is 1.74. The first kappa shape index (κ1) is 11.9. The maximum Gasteiger partial charge on any atom is 0.271 e. The van der Waals surface area contributed by atoms with Gasteiger partial charge in [-0.1, -0.05) is 27.7 Å². The predicted octanol–water partition coefficient (Wildman–Crippen LogP) is 2.34. The summed E-state index contributed by atoms with van der Waals surface area (Å²) in [6.07, 6.45) is 0.859. The molecular weight excluding hydrogens is 214 g/mol. The zero-order valence-electron chi connectivity index (χ0n) is 10.8. The fraction of sp³-hybridized carbons (Fsp3) is 0.538. The fourth-order valence-electron chi connectivity index (χ4n) is 1.87. The van der Waals surface area contributed by atoms with Crippen molar-refractivity contribution in [2.24, 2.45) is 5.92 Å². The summed E-state index contributed by atoms with van der Waals surface area (Å²) < 4.78 is 1.52. The topological polar surface area (TPSA) is 50.2 Å². The SMILES string of the molecule is CC(C)Cc1nc2cc(C(C)C)cc(=O)n2[nH]1. The van der Waals surface area contributed by atoms with Crippen LogP contribution in [0.15, 0.2) is 16.9 Å². The smallest absolute Gasteiger partial charge is 0.271 e. The molecule has 0 aromatic carbocycles. The van der Waals surface area contributed by atoms with Gasteiger partial charge in [0, 0.05) is 12.5 Å². The van der Waals surface area contributed by atoms with Crippen LogP contribution in [0.5, 0.6) is 0 Å². The van der Waals surface area contributed by atoms with Crippen molar-refractivity contribution in [3.63, 3.8) is 0 Å². The summed E-state index contributed by atoms with van der Waals surface area (Å²) in [6.45, 7) is 8.42. The first-order valence-corrected chi connectivity index (χ1v) is 6.09. The molecule has 0 aliphatic heterocycles. The van der Waals surface area contributed by atoms with E-state index in [2.05, 4.69) is 37.8 Å². The average molecular weight is 233 g/mol. The van der Waals surface area contributed by atoms with E-state index in [0.29, 0.717) is 11.8 Å². The Morgan fingerprint density at radius 1 is 1.29 bits per heavy atom. The summed E-state index contributed by atoms with van der Waals surface area (Å²) in [7, 11) is 0. The molecule has 17 heavy (non-hydrogen) atoms. The van der Waals surface area contributed by atoms with E-state index < -0.39 is 0 Å². The lowest BCUT2D eigenvalue weighted by atomic mass is 10.1. The van der Waals surface area contributed by atoms with Crippen LogP contribution in [0, 0.1) is 5.92 Å². The highest BCUT2D eigenvalue weighted by Crippen LogP contribution is 2.14. The third-order valence-electron chi connectivity index (χ3n) is 2.79. The van der Waals surface area contributed by atoms with Crippen LogP contribution in [-0.2, 0) is 6.42 Å². The van der Waals surface area contributed by atoms with Crippen molar-refractivity contribution in [1.29, 1.82) is 0 Å². The quantitative estimate of drug-likeness (QED) is 0.884. The Balaban J connectivity index is 2.53. The third-order valence-corrected chi connectivity index (χ3v) is 2.79. The van der Waals surface area contributed by atoms with Crippen LogP contribution in [0.2, 0.25) is 0 Å². The minimum atomic E-state index is -0.0336. The lowest BCUT2D eigenvalue weighted by Gasteiger charge is -2.03. The first-order valence-electron chi connectivity index (χ1n) is 6.09. The number of aromatic amines is 1. The zero-order chi connectivity index (χ0) is 12.6. The molecular formula is C13H19N3O. The molecule has 0 atom stereocenters. The minimum Gasteiger partial charge on any atom is -0.276 e. The number of rotatable bonds is 3. The van der Waals surface area contributed by atoms with E-state index in [9.17, 15) is 4.79 Å². The second-order valence-corrected chi connectivity index (χ2v) is 5.24. The molecule has 0 aliphatic rings. The van der Waals surface area contributed by atoms with Gasteiger partial charge in [0.15, 0.2) is 5.65 Å². The van der Waals surface area contributed by atoms with Crippen LogP contribution in [0.4, 0.5) is 0 Å². The number of nitrogens with one attached hydrogen (secondary N) is 1. The average Bonchev–Trinajstić information content (AvgIpc) is 2.59. The Morgan fingerprint density at radius 2 is 2.00 bits per heavy atom. The van der Waals surface area contributed by atoms with Crippen molar-refractivity contribution in [2.75, 3.05) is 0 Å². The zero-order valence-corrected chi connectivity index (χ0v) is 10.8. The molecule has 2 heterocycles. The number of aromatic nitrogens is 3. The van der Waals surface area contributed by atoms with Crippen molar-refractivity contribution < 1.29 is 0 Å². The van der Waals surface area contributed by atoms with Crippen molar-refractivity contribution in [3.8, 4) is 0 Å². The summed E-state index contributed by atoms with van der Waals surface area (Å²) in [6, 6.07) is 3.65. The predicted molar refractivity (Wildman–Crippen MR) is 68.4 cm³/mol. The molecule has 0 aliphatic carbocycles. The Morgan fingerprint density at radius 3 is 2.59 bits per heavy atom. The van der Waals surface area contributed by atoms with Crippen LogP contribution < -0.4 is 5.56 Å². The molecule has 1 N–H and O–H groups in total. The first-order chi connectivity index (χ1) is 7.97. The number of H-pyrrole nitrogens is 1. The lowest BCUT2D eigenvalue weighted by molar-refractivity contribution is 0.619. The molecule has 0 bridgehead atoms. The molecule has 4 nitrogen and oxygen atoms in total. The number of fused-ring (bicyclic) bond motifs is 1. The molecule has 2 rings (SSSR count). The van der Waals surface area contributed by atoms with Crippen molar-refractivity contribution in [1.82, 2.24) is 14.6 Å². The molecule has 0 amide bonds. The van der Waals surface area contributed by atoms with E-state index in [4.69, 9.17) is 0 Å². The Bertz CT molecular complexity index is 578. The molecule has 0 unspecified atom stereocenters. The van der Waals surface area contributed by atoms with Gasteiger partial charge in [-0.15, -0.1) is 0 Å². The number of hydrogen-bond acceptors (Lipinski definition) is 2. The Labute approximate surface area is 101 Å². The summed E-state index contributed by atoms with van der Waals surface area (Å²) in [4.78, 5) is 16.4. The molecule has 4 heteroatoms. The third kappa shape index (κ3) is 2.40. The van der Waals surface area contributed by atoms with Crippen LogP contribution >= 0.6 is 0 Å². The molecule has 2 aromatic rings. The van der Waals surface area contributed by atoms with Gasteiger partial charge in [0.1, 0.15) is 5.82 Å². The molecule has 0 spiro atoms. The van der Waals surface area contributed by atoms with E-state index in [1.54, 1.807) is 6.07 Å². The van der Waals surface area contributed by atoms with Crippen LogP contribution in [0.3, 0.4) is 0 Å². The highest BCUT2D eigenvalue weighted by Gasteiger charge is 2.09. The Kier molecular flexibility index (Phi) is 3.05. The van der Waals surface area contributed by atoms with Gasteiger partial charge in [-0.2, -0.15) is 0 Å². The minimum absolute atomic E-state index is 0.0336. The van der Waals surface area contributed by atoms with Crippen LogP contribution in [0.1, 0.15) is 45.0 Å². The monoisotopic (exact) mass is 233 g/mol. The fourth-order valence-corrected chi connectivity index (χ4v) is 1.87. The van der Waals surface area contributed by atoms with E-state index in [-0.39, 0.29) is 5.56 Å². The summed E-state index contributed by atoms with van der Waals surface area (Å²) in [5.41, 5.74) is 1.73. The van der Waals surface area contributed by atoms with E-state index in [1.807, 2.05) is 6.07 Å². The molecule has 0 saturated carbocycles. The highest BCUT2D eigenvalue weighted by molar-refractivity contribution is 5.41. The van der Waals surface area contributed by atoms with E-state index >= 15 is 0 Å². The molecule has 92 valence electrons. The van der Waals surface area contributed by atoms with Gasteiger partial charge in [-0.05, 0) is 23.5 Å². The lowest BCUT2D eigenvalue weighted by Crippen LogP contribution is -2.14. The molecule has 0 fully saturated rings. The standard InChI is InChI=1S/C13H19N3O/c1-8(2)5-11-14-12-6-10(9(3)4)7-13(17)16(12)15-11/h6-9H,5H2,1-4H3,(H,14,15). The van der Waals surface area contributed by atoms with Crippen LogP contribution in [0.25, 0.3) is 5.65 Å². The summed E-state index contributed by atoms with van der Waals surface area (Å²) in [5, 5.41) is 3.05. The van der Waals surface area contributed by atoms with Gasteiger partial charge >= 0.3 is 0 Å². The number of pyridine rings is 1. The van der Waals surface area contributed by atoms with Crippen molar-refractivity contribution in [2.45, 2.75) is 40.0 Å². The molecule has 0 saturated heterocycles. The highest BCUT2D eigenvalue weighted by atomic mass is 16.1. The second-order valence-electron chi connectivity index (χ2n) is 5.24. The molecule has 2 aromatic heterocycles. The van der Waals surface area contributed by atoms with Gasteiger partial charge < -0.3 is 0 Å². The normalized spacial score (nSPS) is 11.9. The maximum absolute atomic E-state index is 11.9. The van der Waals surface area contributed by atoms with Gasteiger partial charge in [-0.3, -0.25) is 9.89 Å². The Hall–Kier alpha value is -1.58. The van der Waals surface area contributed by atoms with Crippen molar-refractivity contribution in [3.05, 3.63) is 33.9 Å². The van der Waals surface area contributed by atoms with Gasteiger partial charge in [0.25, 0.3) is 5.56 Å². The van der Waals surface area contributed by atoms with E-state index in [0.717, 1.165) is 23.5 Å². The van der Waals surface area contributed by atoms with Gasteiger partial charge in [-0.25, -0.2) is 9.50 Å². The largest absolute Gasteiger partial charge is 0.276 e. The summed E-state index contributed by atoms with van der Waals surface area (Å²) >= 11 is 0. The molecule has 0 radical (unpaired) electrons. The maximum atomic E-state index is 11.9. The number of nitrogens with zero attached hydrogens (tertiary/aromatic N) is 2. The second kappa shape index (κ2) is 4.35. The number of hydrogen-bond donors (Lipinski definition) is 1. The van der Waals surface area contributed by atoms with Gasteiger partial charge in [0.05, 0.1) is 0 Å². The van der Waals surface area contributed by atoms with Gasteiger partial charge in [0.2, 0.25) is 0 Å². The van der Waals surface area contributed by atoms with E-state index in [1.165, 1.54) is 4.52 Å². The van der Waals surface area contributed by atoms with Crippen molar-refractivity contribution >= 4 is 5.65 Å².